The molecule has 5 nitrogen and oxygen atoms in total. The van der Waals surface area contributed by atoms with Gasteiger partial charge in [0.05, 0.1) is 5.56 Å². The van der Waals surface area contributed by atoms with Gasteiger partial charge in [-0.2, -0.15) is 0 Å². The van der Waals surface area contributed by atoms with E-state index in [2.05, 4.69) is 35.6 Å². The van der Waals surface area contributed by atoms with E-state index in [0.717, 1.165) is 31.9 Å². The molecule has 20 heavy (non-hydrogen) atoms. The van der Waals surface area contributed by atoms with Crippen molar-refractivity contribution in [2.24, 2.45) is 0 Å². The number of aromatic nitrogens is 1. The summed E-state index contributed by atoms with van der Waals surface area (Å²) >= 11 is 0. The van der Waals surface area contributed by atoms with Gasteiger partial charge in [0.15, 0.2) is 0 Å². The van der Waals surface area contributed by atoms with Crippen LogP contribution < -0.4 is 4.90 Å². The first kappa shape index (κ1) is 14.8. The average molecular weight is 277 g/mol. The van der Waals surface area contributed by atoms with Crippen LogP contribution in [0.5, 0.6) is 0 Å². The first-order valence-electron chi connectivity index (χ1n) is 7.23. The van der Waals surface area contributed by atoms with Gasteiger partial charge in [-0.15, -0.1) is 0 Å². The Morgan fingerprint density at radius 3 is 2.70 bits per heavy atom. The Morgan fingerprint density at radius 1 is 1.45 bits per heavy atom. The zero-order chi connectivity index (χ0) is 14.7. The minimum Gasteiger partial charge on any atom is -0.478 e. The topological polar surface area (TPSA) is 56.7 Å². The Kier molecular flexibility index (Phi) is 4.60. The van der Waals surface area contributed by atoms with Crippen molar-refractivity contribution in [3.05, 3.63) is 23.9 Å². The van der Waals surface area contributed by atoms with E-state index in [4.69, 9.17) is 5.11 Å². The molecule has 0 saturated carbocycles. The standard InChI is InChI=1S/C15H23N3O2/c1-4-13-10-17(7-8-18(13)11(2)3)14-6-5-12(9-16-14)15(19)20/h5-6,9,11,13H,4,7-8,10H2,1-3H3,(H,19,20)/t13-/m1/s1. The average Bonchev–Trinajstić information content (AvgIpc) is 2.46. The quantitative estimate of drug-likeness (QED) is 0.913. The van der Waals surface area contributed by atoms with Gasteiger partial charge in [0.25, 0.3) is 0 Å². The fourth-order valence-electron chi connectivity index (χ4n) is 2.82. The summed E-state index contributed by atoms with van der Waals surface area (Å²) in [6.07, 6.45) is 2.55. The molecule has 2 heterocycles. The van der Waals surface area contributed by atoms with Crippen molar-refractivity contribution >= 4 is 11.8 Å². The van der Waals surface area contributed by atoms with Crippen LogP contribution in [0, 0.1) is 0 Å². The Labute approximate surface area is 120 Å². The summed E-state index contributed by atoms with van der Waals surface area (Å²) in [7, 11) is 0. The zero-order valence-corrected chi connectivity index (χ0v) is 12.4. The van der Waals surface area contributed by atoms with Gasteiger partial charge >= 0.3 is 5.97 Å². The molecule has 0 bridgehead atoms. The van der Waals surface area contributed by atoms with Crippen LogP contribution in [-0.4, -0.2) is 52.7 Å². The number of aromatic carboxylic acids is 1. The van der Waals surface area contributed by atoms with Crippen LogP contribution in [0.2, 0.25) is 0 Å². The first-order valence-corrected chi connectivity index (χ1v) is 7.23. The molecule has 1 N–H and O–H groups in total. The number of nitrogens with zero attached hydrogens (tertiary/aromatic N) is 3. The van der Waals surface area contributed by atoms with Gasteiger partial charge in [-0.25, -0.2) is 9.78 Å². The highest BCUT2D eigenvalue weighted by Crippen LogP contribution is 2.20. The molecular formula is C15H23N3O2. The van der Waals surface area contributed by atoms with E-state index >= 15 is 0 Å². The van der Waals surface area contributed by atoms with Crippen LogP contribution in [0.15, 0.2) is 18.3 Å². The smallest absolute Gasteiger partial charge is 0.337 e. The van der Waals surface area contributed by atoms with Crippen molar-refractivity contribution in [3.63, 3.8) is 0 Å². The normalized spacial score (nSPS) is 20.4. The highest BCUT2D eigenvalue weighted by molar-refractivity contribution is 5.87. The zero-order valence-electron chi connectivity index (χ0n) is 12.4. The van der Waals surface area contributed by atoms with Crippen LogP contribution in [0.3, 0.4) is 0 Å². The molecule has 0 radical (unpaired) electrons. The molecule has 1 aliphatic rings. The molecule has 1 aliphatic heterocycles. The molecule has 0 aliphatic carbocycles. The highest BCUT2D eigenvalue weighted by Gasteiger charge is 2.27. The molecular weight excluding hydrogens is 254 g/mol. The van der Waals surface area contributed by atoms with Gasteiger partial charge in [0.1, 0.15) is 5.82 Å². The van der Waals surface area contributed by atoms with Crippen LogP contribution in [0.4, 0.5) is 5.82 Å². The van der Waals surface area contributed by atoms with E-state index in [9.17, 15) is 4.79 Å². The van der Waals surface area contributed by atoms with Crippen molar-refractivity contribution in [3.8, 4) is 0 Å². The summed E-state index contributed by atoms with van der Waals surface area (Å²) in [4.78, 5) is 19.9. The van der Waals surface area contributed by atoms with E-state index in [1.165, 1.54) is 6.20 Å². The molecule has 0 aromatic carbocycles. The van der Waals surface area contributed by atoms with Crippen molar-refractivity contribution in [2.75, 3.05) is 24.5 Å². The number of hydrogen-bond donors (Lipinski definition) is 1. The van der Waals surface area contributed by atoms with Gasteiger partial charge < -0.3 is 10.0 Å². The van der Waals surface area contributed by atoms with E-state index in [1.54, 1.807) is 12.1 Å². The Hall–Kier alpha value is -1.62. The summed E-state index contributed by atoms with van der Waals surface area (Å²) in [6, 6.07) is 4.52. The van der Waals surface area contributed by atoms with E-state index in [-0.39, 0.29) is 5.56 Å². The monoisotopic (exact) mass is 277 g/mol. The summed E-state index contributed by atoms with van der Waals surface area (Å²) in [5.74, 6) is -0.0584. The maximum atomic E-state index is 10.8. The van der Waals surface area contributed by atoms with Gasteiger partial charge in [0, 0.05) is 37.9 Å². The molecule has 0 amide bonds. The highest BCUT2D eigenvalue weighted by atomic mass is 16.4. The lowest BCUT2D eigenvalue weighted by atomic mass is 10.1. The number of piperazine rings is 1. The van der Waals surface area contributed by atoms with E-state index in [0.29, 0.717) is 12.1 Å². The molecule has 2 rings (SSSR count). The molecule has 1 aromatic rings. The van der Waals surface area contributed by atoms with Crippen molar-refractivity contribution < 1.29 is 9.90 Å². The third kappa shape index (κ3) is 3.10. The minimum absolute atomic E-state index is 0.238. The van der Waals surface area contributed by atoms with Gasteiger partial charge in [-0.3, -0.25) is 4.90 Å². The fourth-order valence-corrected chi connectivity index (χ4v) is 2.82. The second-order valence-corrected chi connectivity index (χ2v) is 5.55. The predicted octanol–water partition coefficient (Wildman–Crippen LogP) is 2.09. The van der Waals surface area contributed by atoms with Crippen LogP contribution in [0.1, 0.15) is 37.6 Å². The molecule has 1 aromatic heterocycles. The minimum atomic E-state index is -0.930. The maximum absolute atomic E-state index is 10.8. The number of hydrogen-bond acceptors (Lipinski definition) is 4. The summed E-state index contributed by atoms with van der Waals surface area (Å²) in [5.41, 5.74) is 0.238. The molecule has 1 saturated heterocycles. The number of carboxylic acid groups (broad SMARTS) is 1. The molecule has 0 unspecified atom stereocenters. The number of rotatable bonds is 4. The Balaban J connectivity index is 2.09. The van der Waals surface area contributed by atoms with Crippen molar-refractivity contribution in [1.82, 2.24) is 9.88 Å². The molecule has 1 fully saturated rings. The SMILES string of the molecule is CC[C@@H]1CN(c2ccc(C(=O)O)cn2)CCN1C(C)C. The molecule has 5 heteroatoms. The summed E-state index contributed by atoms with van der Waals surface area (Å²) in [6.45, 7) is 9.60. The van der Waals surface area contributed by atoms with Gasteiger partial charge in [-0.1, -0.05) is 6.92 Å². The van der Waals surface area contributed by atoms with E-state index in [1.807, 2.05) is 0 Å². The number of carbonyl (C=O) groups is 1. The summed E-state index contributed by atoms with van der Waals surface area (Å²) < 4.78 is 0. The van der Waals surface area contributed by atoms with Crippen LogP contribution >= 0.6 is 0 Å². The lowest BCUT2D eigenvalue weighted by molar-refractivity contribution is 0.0696. The summed E-state index contributed by atoms with van der Waals surface area (Å²) in [5, 5.41) is 8.90. The molecule has 0 spiro atoms. The van der Waals surface area contributed by atoms with Crippen LogP contribution in [-0.2, 0) is 0 Å². The van der Waals surface area contributed by atoms with E-state index < -0.39 is 5.97 Å². The predicted molar refractivity (Wildman–Crippen MR) is 79.3 cm³/mol. The molecule has 1 atom stereocenters. The van der Waals surface area contributed by atoms with Crippen LogP contribution in [0.25, 0.3) is 0 Å². The lowest BCUT2D eigenvalue weighted by Crippen LogP contribution is -2.55. The van der Waals surface area contributed by atoms with Gasteiger partial charge in [-0.05, 0) is 32.4 Å². The number of pyridine rings is 1. The van der Waals surface area contributed by atoms with Crippen molar-refractivity contribution in [1.29, 1.82) is 0 Å². The Bertz CT molecular complexity index is 459. The maximum Gasteiger partial charge on any atom is 0.337 e. The van der Waals surface area contributed by atoms with Crippen molar-refractivity contribution in [2.45, 2.75) is 39.3 Å². The van der Waals surface area contributed by atoms with Gasteiger partial charge in [0.2, 0.25) is 0 Å². The third-order valence-electron chi connectivity index (χ3n) is 3.98. The first-order chi connectivity index (χ1) is 9.52. The lowest BCUT2D eigenvalue weighted by Gasteiger charge is -2.43. The second-order valence-electron chi connectivity index (χ2n) is 5.55. The third-order valence-corrected chi connectivity index (χ3v) is 3.98. The molecule has 110 valence electrons. The number of anilines is 1. The fraction of sp³-hybridized carbons (Fsp3) is 0.600. The Morgan fingerprint density at radius 2 is 2.20 bits per heavy atom. The number of carboxylic acids is 1. The largest absolute Gasteiger partial charge is 0.478 e. The second kappa shape index (κ2) is 6.22.